The predicted molar refractivity (Wildman–Crippen MR) is 81.9 cm³/mol. The summed E-state index contributed by atoms with van der Waals surface area (Å²) in [6.07, 6.45) is 0.897. The van der Waals surface area contributed by atoms with Crippen LogP contribution in [-0.2, 0) is 4.74 Å². The van der Waals surface area contributed by atoms with Gasteiger partial charge in [0.25, 0.3) is 0 Å². The fourth-order valence-corrected chi connectivity index (χ4v) is 2.64. The molecule has 1 saturated heterocycles. The third-order valence-electron chi connectivity index (χ3n) is 3.02. The van der Waals surface area contributed by atoms with Gasteiger partial charge >= 0.3 is 6.09 Å². The molecule has 5 nitrogen and oxygen atoms in total. The second kappa shape index (κ2) is 6.17. The zero-order valence-corrected chi connectivity index (χ0v) is 14.0. The number of nitrogens with zero attached hydrogens (tertiary/aromatic N) is 3. The summed E-state index contributed by atoms with van der Waals surface area (Å²) in [5, 5.41) is 0. The molecule has 7 heteroatoms. The van der Waals surface area contributed by atoms with E-state index in [9.17, 15) is 9.18 Å². The van der Waals surface area contributed by atoms with Gasteiger partial charge in [0.2, 0.25) is 0 Å². The Labute approximate surface area is 132 Å². The Balaban J connectivity index is 1.95. The lowest BCUT2D eigenvalue weighted by Crippen LogP contribution is -2.50. The molecule has 1 aliphatic heterocycles. The van der Waals surface area contributed by atoms with Gasteiger partial charge in [-0.2, -0.15) is 0 Å². The van der Waals surface area contributed by atoms with Crippen molar-refractivity contribution >= 4 is 27.8 Å². The highest BCUT2D eigenvalue weighted by Crippen LogP contribution is 2.25. The van der Waals surface area contributed by atoms with Crippen LogP contribution in [0.3, 0.4) is 0 Å². The summed E-state index contributed by atoms with van der Waals surface area (Å²) in [6.45, 7) is 7.93. The summed E-state index contributed by atoms with van der Waals surface area (Å²) in [7, 11) is 0. The minimum atomic E-state index is -0.490. The van der Waals surface area contributed by atoms with E-state index in [0.717, 1.165) is 0 Å². The van der Waals surface area contributed by atoms with Crippen LogP contribution in [0.4, 0.5) is 15.0 Å². The van der Waals surface area contributed by atoms with E-state index in [-0.39, 0.29) is 11.9 Å². The zero-order valence-electron chi connectivity index (χ0n) is 12.4. The normalized spacial score (nSPS) is 16.0. The van der Waals surface area contributed by atoms with Gasteiger partial charge in [-0.05, 0) is 42.8 Å². The standard InChI is InChI=1S/C14H19BrFN3O2/c1-14(2,3)21-13(20)19-6-4-18(5-7-19)12-11(15)8-10(16)9-17-12/h8-9H,4-7H2,1-3H3. The molecule has 1 amide bonds. The Morgan fingerprint density at radius 2 is 1.95 bits per heavy atom. The van der Waals surface area contributed by atoms with Crippen molar-refractivity contribution in [1.82, 2.24) is 9.88 Å². The highest BCUT2D eigenvalue weighted by atomic mass is 79.9. The maximum Gasteiger partial charge on any atom is 0.410 e. The van der Waals surface area contributed by atoms with E-state index in [2.05, 4.69) is 20.9 Å². The highest BCUT2D eigenvalue weighted by Gasteiger charge is 2.26. The first-order valence-corrected chi connectivity index (χ1v) is 7.59. The van der Waals surface area contributed by atoms with Crippen molar-refractivity contribution in [1.29, 1.82) is 0 Å². The third kappa shape index (κ3) is 4.30. The largest absolute Gasteiger partial charge is 0.444 e. The molecule has 21 heavy (non-hydrogen) atoms. The van der Waals surface area contributed by atoms with Crippen LogP contribution in [0.2, 0.25) is 0 Å². The molecule has 1 aliphatic rings. The number of piperazine rings is 1. The van der Waals surface area contributed by atoms with Gasteiger partial charge < -0.3 is 14.5 Å². The Hall–Kier alpha value is -1.37. The van der Waals surface area contributed by atoms with Gasteiger partial charge in [-0.15, -0.1) is 0 Å². The SMILES string of the molecule is CC(C)(C)OC(=O)N1CCN(c2ncc(F)cc2Br)CC1. The van der Waals surface area contributed by atoms with Crippen molar-refractivity contribution in [2.75, 3.05) is 31.1 Å². The van der Waals surface area contributed by atoms with Crippen LogP contribution in [0.5, 0.6) is 0 Å². The second-order valence-corrected chi connectivity index (χ2v) is 6.77. The van der Waals surface area contributed by atoms with Gasteiger partial charge in [0.1, 0.15) is 17.2 Å². The van der Waals surface area contributed by atoms with E-state index in [0.29, 0.717) is 36.5 Å². The molecule has 1 aromatic rings. The second-order valence-electron chi connectivity index (χ2n) is 5.91. The van der Waals surface area contributed by atoms with E-state index in [1.165, 1.54) is 12.3 Å². The molecule has 0 aliphatic carbocycles. The number of aromatic nitrogens is 1. The van der Waals surface area contributed by atoms with Crippen LogP contribution in [0, 0.1) is 5.82 Å². The number of hydrogen-bond donors (Lipinski definition) is 0. The topological polar surface area (TPSA) is 45.7 Å². The molecule has 1 aromatic heterocycles. The van der Waals surface area contributed by atoms with Crippen molar-refractivity contribution in [2.45, 2.75) is 26.4 Å². The molecule has 2 rings (SSSR count). The van der Waals surface area contributed by atoms with Gasteiger partial charge in [0, 0.05) is 26.2 Å². The van der Waals surface area contributed by atoms with Crippen molar-refractivity contribution in [2.24, 2.45) is 0 Å². The summed E-state index contributed by atoms with van der Waals surface area (Å²) in [5.74, 6) is 0.318. The molecular weight excluding hydrogens is 341 g/mol. The summed E-state index contributed by atoms with van der Waals surface area (Å²) in [4.78, 5) is 19.8. The van der Waals surface area contributed by atoms with Gasteiger partial charge in [0.15, 0.2) is 0 Å². The molecular formula is C14H19BrFN3O2. The molecule has 0 N–H and O–H groups in total. The van der Waals surface area contributed by atoms with Crippen LogP contribution >= 0.6 is 15.9 Å². The van der Waals surface area contributed by atoms with Gasteiger partial charge in [0.05, 0.1) is 10.7 Å². The number of carbonyl (C=O) groups excluding carboxylic acids is 1. The number of ether oxygens (including phenoxy) is 1. The number of pyridine rings is 1. The number of anilines is 1. The first-order valence-electron chi connectivity index (χ1n) is 6.80. The molecule has 116 valence electrons. The minimum Gasteiger partial charge on any atom is -0.444 e. The fraction of sp³-hybridized carbons (Fsp3) is 0.571. The van der Waals surface area contributed by atoms with E-state index < -0.39 is 5.60 Å². The molecule has 0 aromatic carbocycles. The molecule has 1 fully saturated rings. The molecule has 0 bridgehead atoms. The molecule has 0 radical (unpaired) electrons. The summed E-state index contributed by atoms with van der Waals surface area (Å²) < 4.78 is 19.0. The van der Waals surface area contributed by atoms with E-state index >= 15 is 0 Å². The Bertz CT molecular complexity index is 525. The zero-order chi connectivity index (χ0) is 15.6. The number of hydrogen-bond acceptors (Lipinski definition) is 4. The monoisotopic (exact) mass is 359 g/mol. The van der Waals surface area contributed by atoms with Gasteiger partial charge in [-0.25, -0.2) is 14.2 Å². The van der Waals surface area contributed by atoms with Crippen LogP contribution in [0.15, 0.2) is 16.7 Å². The molecule has 2 heterocycles. The number of halogens is 2. The highest BCUT2D eigenvalue weighted by molar-refractivity contribution is 9.10. The van der Waals surface area contributed by atoms with Crippen LogP contribution in [0.1, 0.15) is 20.8 Å². The molecule has 0 spiro atoms. The lowest BCUT2D eigenvalue weighted by Gasteiger charge is -2.36. The van der Waals surface area contributed by atoms with Crippen LogP contribution < -0.4 is 4.90 Å². The smallest absolute Gasteiger partial charge is 0.410 e. The predicted octanol–water partition coefficient (Wildman–Crippen LogP) is 3.04. The Kier molecular flexibility index (Phi) is 4.70. The van der Waals surface area contributed by atoms with Gasteiger partial charge in [-0.3, -0.25) is 0 Å². The summed E-state index contributed by atoms with van der Waals surface area (Å²) >= 11 is 3.32. The minimum absolute atomic E-state index is 0.298. The first kappa shape index (κ1) is 16.0. The quantitative estimate of drug-likeness (QED) is 0.772. The molecule has 0 saturated carbocycles. The van der Waals surface area contributed by atoms with E-state index in [1.54, 1.807) is 4.90 Å². The average molecular weight is 360 g/mol. The van der Waals surface area contributed by atoms with Gasteiger partial charge in [-0.1, -0.05) is 0 Å². The van der Waals surface area contributed by atoms with Crippen molar-refractivity contribution in [3.05, 3.63) is 22.6 Å². The first-order chi connectivity index (χ1) is 9.76. The van der Waals surface area contributed by atoms with Crippen molar-refractivity contribution in [3.63, 3.8) is 0 Å². The maximum atomic E-state index is 13.1. The number of rotatable bonds is 1. The lowest BCUT2D eigenvalue weighted by atomic mass is 10.2. The molecule has 0 atom stereocenters. The Morgan fingerprint density at radius 3 is 2.48 bits per heavy atom. The maximum absolute atomic E-state index is 13.1. The third-order valence-corrected chi connectivity index (χ3v) is 3.60. The lowest BCUT2D eigenvalue weighted by molar-refractivity contribution is 0.0240. The van der Waals surface area contributed by atoms with Crippen molar-refractivity contribution < 1.29 is 13.9 Å². The molecule has 0 unspecified atom stereocenters. The van der Waals surface area contributed by atoms with Crippen LogP contribution in [-0.4, -0.2) is 47.8 Å². The van der Waals surface area contributed by atoms with E-state index in [4.69, 9.17) is 4.74 Å². The fourth-order valence-electron chi connectivity index (χ4n) is 2.07. The Morgan fingerprint density at radius 1 is 1.33 bits per heavy atom. The van der Waals surface area contributed by atoms with Crippen molar-refractivity contribution in [3.8, 4) is 0 Å². The number of amides is 1. The number of carbonyl (C=O) groups is 1. The van der Waals surface area contributed by atoms with Crippen LogP contribution in [0.25, 0.3) is 0 Å². The summed E-state index contributed by atoms with van der Waals surface area (Å²) in [6, 6.07) is 1.39. The summed E-state index contributed by atoms with van der Waals surface area (Å²) in [5.41, 5.74) is -0.490. The average Bonchev–Trinajstić information content (AvgIpc) is 2.37. The van der Waals surface area contributed by atoms with E-state index in [1.807, 2.05) is 25.7 Å².